The number of nitrogens with one attached hydrogen (secondary N) is 1. The highest BCUT2D eigenvalue weighted by Gasteiger charge is 2.27. The first-order valence-corrected chi connectivity index (χ1v) is 5.28. The second-order valence-electron chi connectivity index (χ2n) is 3.87. The first-order chi connectivity index (χ1) is 8.97. The number of carboxylic acids is 1. The van der Waals surface area contributed by atoms with Gasteiger partial charge >= 0.3 is 5.97 Å². The van der Waals surface area contributed by atoms with E-state index in [-0.39, 0.29) is 24.3 Å². The van der Waals surface area contributed by atoms with E-state index in [1.54, 1.807) is 0 Å². The average Bonchev–Trinajstić information content (AvgIpc) is 2.37. The van der Waals surface area contributed by atoms with Gasteiger partial charge in [-0.2, -0.15) is 0 Å². The van der Waals surface area contributed by atoms with E-state index in [2.05, 4.69) is 10.3 Å². The summed E-state index contributed by atoms with van der Waals surface area (Å²) in [6, 6.07) is 2.47. The average molecular weight is 263 g/mol. The van der Waals surface area contributed by atoms with Gasteiger partial charge < -0.3 is 10.0 Å². The van der Waals surface area contributed by atoms with Gasteiger partial charge in [0.25, 0.3) is 5.91 Å². The van der Waals surface area contributed by atoms with Crippen LogP contribution in [0.15, 0.2) is 18.3 Å². The number of carbonyl (C=O) groups is 4. The van der Waals surface area contributed by atoms with Crippen molar-refractivity contribution in [1.29, 1.82) is 0 Å². The Morgan fingerprint density at radius 2 is 1.84 bits per heavy atom. The summed E-state index contributed by atoms with van der Waals surface area (Å²) in [6.45, 7) is -0.458. The Kier molecular flexibility index (Phi) is 3.23. The molecule has 0 radical (unpaired) electrons. The van der Waals surface area contributed by atoms with E-state index < -0.39 is 23.7 Å². The van der Waals surface area contributed by atoms with Crippen molar-refractivity contribution in [2.24, 2.45) is 0 Å². The largest absolute Gasteiger partial charge is 0.478 e. The zero-order valence-electron chi connectivity index (χ0n) is 9.62. The second-order valence-corrected chi connectivity index (χ2v) is 3.87. The second kappa shape index (κ2) is 4.84. The van der Waals surface area contributed by atoms with Crippen LogP contribution in [0.1, 0.15) is 20.8 Å². The number of rotatable bonds is 2. The Balaban J connectivity index is 2.17. The van der Waals surface area contributed by atoms with Crippen LogP contribution < -0.4 is 5.32 Å². The van der Waals surface area contributed by atoms with E-state index in [0.717, 1.165) is 11.1 Å². The molecule has 2 heterocycles. The van der Waals surface area contributed by atoms with Crippen molar-refractivity contribution in [1.82, 2.24) is 15.2 Å². The number of carbonyl (C=O) groups excluding carboxylic acids is 3. The van der Waals surface area contributed by atoms with Crippen molar-refractivity contribution in [2.75, 3.05) is 13.1 Å². The maximum Gasteiger partial charge on any atom is 0.337 e. The lowest BCUT2D eigenvalue weighted by Crippen LogP contribution is -2.53. The lowest BCUT2D eigenvalue weighted by atomic mass is 10.2. The molecule has 1 fully saturated rings. The number of carboxylic acid groups (broad SMARTS) is 1. The van der Waals surface area contributed by atoms with Crippen molar-refractivity contribution in [3.8, 4) is 0 Å². The predicted molar refractivity (Wildman–Crippen MR) is 60.2 cm³/mol. The monoisotopic (exact) mass is 263 g/mol. The van der Waals surface area contributed by atoms with Crippen LogP contribution in [0, 0.1) is 0 Å². The Morgan fingerprint density at radius 3 is 2.32 bits per heavy atom. The Hall–Kier alpha value is -2.77. The third-order valence-electron chi connectivity index (χ3n) is 2.46. The number of piperazine rings is 1. The van der Waals surface area contributed by atoms with Gasteiger partial charge in [-0.15, -0.1) is 0 Å². The van der Waals surface area contributed by atoms with Crippen LogP contribution >= 0.6 is 0 Å². The quantitative estimate of drug-likeness (QED) is 0.653. The number of nitrogens with zero attached hydrogens (tertiary/aromatic N) is 2. The zero-order chi connectivity index (χ0) is 14.0. The molecule has 1 aliphatic heterocycles. The van der Waals surface area contributed by atoms with Crippen LogP contribution in [0.2, 0.25) is 0 Å². The molecule has 1 aliphatic rings. The predicted octanol–water partition coefficient (Wildman–Crippen LogP) is -1.12. The summed E-state index contributed by atoms with van der Waals surface area (Å²) in [5.41, 5.74) is -0.0727. The van der Waals surface area contributed by atoms with Gasteiger partial charge in [-0.1, -0.05) is 0 Å². The van der Waals surface area contributed by atoms with Crippen molar-refractivity contribution in [3.63, 3.8) is 0 Å². The summed E-state index contributed by atoms with van der Waals surface area (Å²) < 4.78 is 0. The lowest BCUT2D eigenvalue weighted by Gasteiger charge is -2.24. The molecule has 0 aromatic carbocycles. The fourth-order valence-electron chi connectivity index (χ4n) is 1.59. The Bertz CT molecular complexity index is 550. The number of hydrogen-bond donors (Lipinski definition) is 2. The van der Waals surface area contributed by atoms with E-state index >= 15 is 0 Å². The zero-order valence-corrected chi connectivity index (χ0v) is 9.62. The molecule has 1 saturated heterocycles. The topological polar surface area (TPSA) is 117 Å². The lowest BCUT2D eigenvalue weighted by molar-refractivity contribution is -0.135. The van der Waals surface area contributed by atoms with Crippen LogP contribution in [0.25, 0.3) is 0 Å². The minimum atomic E-state index is -1.15. The number of amides is 3. The number of aromatic carboxylic acids is 1. The van der Waals surface area contributed by atoms with Gasteiger partial charge in [0.2, 0.25) is 11.8 Å². The summed E-state index contributed by atoms with van der Waals surface area (Å²) in [4.78, 5) is 49.6. The van der Waals surface area contributed by atoms with Crippen molar-refractivity contribution < 1.29 is 24.3 Å². The molecule has 0 atom stereocenters. The highest BCUT2D eigenvalue weighted by atomic mass is 16.4. The van der Waals surface area contributed by atoms with E-state index in [1.807, 2.05) is 0 Å². The Morgan fingerprint density at radius 1 is 1.21 bits per heavy atom. The van der Waals surface area contributed by atoms with Gasteiger partial charge in [-0.05, 0) is 12.1 Å². The molecular weight excluding hydrogens is 254 g/mol. The summed E-state index contributed by atoms with van der Waals surface area (Å²) in [7, 11) is 0. The molecule has 19 heavy (non-hydrogen) atoms. The number of imide groups is 1. The van der Waals surface area contributed by atoms with Crippen LogP contribution in [-0.2, 0) is 9.59 Å². The molecule has 1 aromatic rings. The molecule has 98 valence electrons. The van der Waals surface area contributed by atoms with Crippen LogP contribution in [-0.4, -0.2) is 51.8 Å². The summed E-state index contributed by atoms with van der Waals surface area (Å²) in [5, 5.41) is 10.8. The standard InChI is InChI=1S/C11H9N3O5/c15-8-4-14(5-9(16)13-8)10(17)7-2-1-6(3-12-7)11(18)19/h1-3H,4-5H2,(H,18,19)(H,13,15,16). The molecule has 0 unspecified atom stereocenters. The normalized spacial score (nSPS) is 15.1. The third kappa shape index (κ3) is 2.73. The minimum absolute atomic E-state index is 0.0208. The van der Waals surface area contributed by atoms with Gasteiger partial charge in [0.1, 0.15) is 18.8 Å². The molecule has 0 saturated carbocycles. The van der Waals surface area contributed by atoms with Gasteiger partial charge in [-0.3, -0.25) is 24.7 Å². The molecule has 3 amide bonds. The highest BCUT2D eigenvalue weighted by molar-refractivity contribution is 6.05. The molecule has 8 nitrogen and oxygen atoms in total. The molecule has 2 rings (SSSR count). The minimum Gasteiger partial charge on any atom is -0.478 e. The van der Waals surface area contributed by atoms with E-state index in [4.69, 9.17) is 5.11 Å². The first-order valence-electron chi connectivity index (χ1n) is 5.28. The van der Waals surface area contributed by atoms with E-state index in [1.165, 1.54) is 12.1 Å². The van der Waals surface area contributed by atoms with Crippen molar-refractivity contribution >= 4 is 23.7 Å². The van der Waals surface area contributed by atoms with E-state index in [0.29, 0.717) is 0 Å². The highest BCUT2D eigenvalue weighted by Crippen LogP contribution is 2.06. The van der Waals surface area contributed by atoms with Crippen molar-refractivity contribution in [2.45, 2.75) is 0 Å². The summed E-state index contributed by atoms with van der Waals surface area (Å²) >= 11 is 0. The molecule has 0 spiro atoms. The fourth-order valence-corrected chi connectivity index (χ4v) is 1.59. The third-order valence-corrected chi connectivity index (χ3v) is 2.46. The van der Waals surface area contributed by atoms with Crippen LogP contribution in [0.4, 0.5) is 0 Å². The maximum atomic E-state index is 12.0. The number of hydrogen-bond acceptors (Lipinski definition) is 5. The summed E-state index contributed by atoms with van der Waals surface area (Å²) in [5.74, 6) is -2.88. The molecule has 2 N–H and O–H groups in total. The number of pyridine rings is 1. The fraction of sp³-hybridized carbons (Fsp3) is 0.182. The van der Waals surface area contributed by atoms with E-state index in [9.17, 15) is 19.2 Å². The van der Waals surface area contributed by atoms with Crippen molar-refractivity contribution in [3.05, 3.63) is 29.6 Å². The smallest absolute Gasteiger partial charge is 0.337 e. The van der Waals surface area contributed by atoms with Gasteiger partial charge in [-0.25, -0.2) is 4.79 Å². The van der Waals surface area contributed by atoms with Gasteiger partial charge in [0.15, 0.2) is 0 Å². The molecule has 0 aliphatic carbocycles. The van der Waals surface area contributed by atoms with Crippen LogP contribution in [0.5, 0.6) is 0 Å². The molecule has 1 aromatic heterocycles. The molecular formula is C11H9N3O5. The number of aromatic nitrogens is 1. The molecule has 8 heteroatoms. The molecule has 0 bridgehead atoms. The summed E-state index contributed by atoms with van der Waals surface area (Å²) in [6.07, 6.45) is 1.04. The Labute approximate surface area is 107 Å². The van der Waals surface area contributed by atoms with Gasteiger partial charge in [0.05, 0.1) is 5.56 Å². The van der Waals surface area contributed by atoms with Gasteiger partial charge in [0, 0.05) is 6.20 Å². The SMILES string of the molecule is O=C1CN(C(=O)c2ccc(C(=O)O)cn2)CC(=O)N1. The first kappa shape index (κ1) is 12.7. The van der Waals surface area contributed by atoms with Crippen LogP contribution in [0.3, 0.4) is 0 Å². The maximum absolute atomic E-state index is 12.0.